The van der Waals surface area contributed by atoms with E-state index in [1.165, 1.54) is 12.3 Å². The van der Waals surface area contributed by atoms with Gasteiger partial charge in [-0.1, -0.05) is 0 Å². The molecule has 1 N–H and O–H groups in total. The molecular weight excluding hydrogens is 269 g/mol. The average Bonchev–Trinajstić information content (AvgIpc) is 2.91. The molecule has 2 aromatic heterocycles. The maximum absolute atomic E-state index is 12.7. The molecular formula is C13H15F3N4. The second-order valence-corrected chi connectivity index (χ2v) is 4.33. The van der Waals surface area contributed by atoms with Gasteiger partial charge in [-0.2, -0.15) is 13.2 Å². The Balaban J connectivity index is 1.79. The van der Waals surface area contributed by atoms with Crippen molar-refractivity contribution < 1.29 is 13.2 Å². The Morgan fingerprint density at radius 2 is 2.05 bits per heavy atom. The van der Waals surface area contributed by atoms with Crippen molar-refractivity contribution in [2.75, 3.05) is 11.9 Å². The summed E-state index contributed by atoms with van der Waals surface area (Å²) in [7, 11) is 0. The molecule has 0 amide bonds. The van der Waals surface area contributed by atoms with E-state index in [2.05, 4.69) is 15.3 Å². The third-order valence-corrected chi connectivity index (χ3v) is 2.81. The lowest BCUT2D eigenvalue weighted by Crippen LogP contribution is -2.13. The third kappa shape index (κ3) is 3.97. The highest BCUT2D eigenvalue weighted by atomic mass is 19.4. The number of alkyl halides is 3. The molecule has 20 heavy (non-hydrogen) atoms. The number of aromatic nitrogens is 3. The average molecular weight is 284 g/mol. The van der Waals surface area contributed by atoms with Crippen LogP contribution in [0.5, 0.6) is 0 Å². The largest absolute Gasteiger partial charge is 0.419 e. The summed E-state index contributed by atoms with van der Waals surface area (Å²) in [6, 6.07) is 2.31. The molecule has 0 saturated heterocycles. The van der Waals surface area contributed by atoms with Crippen molar-refractivity contribution in [2.24, 2.45) is 0 Å². The summed E-state index contributed by atoms with van der Waals surface area (Å²) in [5.41, 5.74) is -0.727. The minimum atomic E-state index is -4.38. The van der Waals surface area contributed by atoms with Crippen molar-refractivity contribution >= 4 is 5.82 Å². The predicted molar refractivity (Wildman–Crippen MR) is 69.2 cm³/mol. The van der Waals surface area contributed by atoms with E-state index in [1.807, 2.05) is 10.8 Å². The first kappa shape index (κ1) is 14.4. The molecule has 0 aromatic carbocycles. The van der Waals surface area contributed by atoms with E-state index in [-0.39, 0.29) is 5.82 Å². The van der Waals surface area contributed by atoms with Crippen molar-refractivity contribution in [3.8, 4) is 0 Å². The van der Waals surface area contributed by atoms with E-state index >= 15 is 0 Å². The molecule has 0 bridgehead atoms. The van der Waals surface area contributed by atoms with Crippen LogP contribution >= 0.6 is 0 Å². The summed E-state index contributed by atoms with van der Waals surface area (Å²) in [6.45, 7) is 1.25. The Morgan fingerprint density at radius 1 is 1.20 bits per heavy atom. The third-order valence-electron chi connectivity index (χ3n) is 2.81. The molecule has 2 aromatic rings. The fourth-order valence-electron chi connectivity index (χ4n) is 1.82. The molecule has 108 valence electrons. The standard InChI is InChI=1S/C13H15F3N4/c14-13(15,16)11-4-3-6-19-12(11)18-5-1-2-8-20-9-7-17-10-20/h3-4,6-7,9-10H,1-2,5,8H2,(H,18,19). The van der Waals surface area contributed by atoms with E-state index in [9.17, 15) is 13.2 Å². The number of hydrogen-bond acceptors (Lipinski definition) is 3. The zero-order valence-corrected chi connectivity index (χ0v) is 10.8. The normalized spacial score (nSPS) is 11.6. The first-order valence-electron chi connectivity index (χ1n) is 6.29. The van der Waals surface area contributed by atoms with Gasteiger partial charge in [0.05, 0.1) is 11.9 Å². The van der Waals surface area contributed by atoms with E-state index in [0.29, 0.717) is 6.54 Å². The van der Waals surface area contributed by atoms with Crippen LogP contribution in [0.25, 0.3) is 0 Å². The molecule has 2 heterocycles. The van der Waals surface area contributed by atoms with Crippen molar-refractivity contribution in [1.82, 2.24) is 14.5 Å². The highest BCUT2D eigenvalue weighted by Crippen LogP contribution is 2.33. The van der Waals surface area contributed by atoms with Crippen LogP contribution in [0.4, 0.5) is 19.0 Å². The summed E-state index contributed by atoms with van der Waals surface area (Å²) in [6.07, 6.45) is 3.85. The number of aryl methyl sites for hydroxylation is 1. The fraction of sp³-hybridized carbons (Fsp3) is 0.385. The van der Waals surface area contributed by atoms with E-state index < -0.39 is 11.7 Å². The Bertz CT molecular complexity index is 523. The molecule has 7 heteroatoms. The number of pyridine rings is 1. The number of nitrogens with zero attached hydrogens (tertiary/aromatic N) is 3. The van der Waals surface area contributed by atoms with Gasteiger partial charge in [-0.05, 0) is 25.0 Å². The second kappa shape index (κ2) is 6.40. The zero-order chi connectivity index (χ0) is 14.4. The minimum Gasteiger partial charge on any atom is -0.370 e. The van der Waals surface area contributed by atoms with Gasteiger partial charge in [0.15, 0.2) is 0 Å². The van der Waals surface area contributed by atoms with Crippen LogP contribution in [-0.2, 0) is 12.7 Å². The van der Waals surface area contributed by atoms with E-state index in [0.717, 1.165) is 25.5 Å². The smallest absolute Gasteiger partial charge is 0.370 e. The van der Waals surface area contributed by atoms with Crippen LogP contribution in [0.3, 0.4) is 0 Å². The number of rotatable bonds is 6. The molecule has 0 unspecified atom stereocenters. The predicted octanol–water partition coefficient (Wildman–Crippen LogP) is 3.19. The van der Waals surface area contributed by atoms with Crippen molar-refractivity contribution in [2.45, 2.75) is 25.6 Å². The monoisotopic (exact) mass is 284 g/mol. The van der Waals surface area contributed by atoms with Gasteiger partial charge in [0.2, 0.25) is 0 Å². The summed E-state index contributed by atoms with van der Waals surface area (Å²) in [4.78, 5) is 7.67. The Kier molecular flexibility index (Phi) is 4.60. The lowest BCUT2D eigenvalue weighted by Gasteiger charge is -2.13. The van der Waals surface area contributed by atoms with Crippen LogP contribution < -0.4 is 5.32 Å². The molecule has 0 radical (unpaired) electrons. The van der Waals surface area contributed by atoms with Crippen molar-refractivity contribution in [3.05, 3.63) is 42.6 Å². The quantitative estimate of drug-likeness (QED) is 0.828. The molecule has 0 aliphatic carbocycles. The SMILES string of the molecule is FC(F)(F)c1cccnc1NCCCCn1ccnc1. The van der Waals surface area contributed by atoms with Crippen LogP contribution in [-0.4, -0.2) is 21.1 Å². The number of nitrogens with one attached hydrogen (secondary N) is 1. The van der Waals surface area contributed by atoms with E-state index in [4.69, 9.17) is 0 Å². The maximum Gasteiger partial charge on any atom is 0.419 e. The number of hydrogen-bond donors (Lipinski definition) is 1. The topological polar surface area (TPSA) is 42.7 Å². The van der Waals surface area contributed by atoms with Gasteiger partial charge in [0, 0.05) is 31.7 Å². The van der Waals surface area contributed by atoms with Gasteiger partial charge < -0.3 is 9.88 Å². The maximum atomic E-state index is 12.7. The number of halogens is 3. The zero-order valence-electron chi connectivity index (χ0n) is 10.8. The van der Waals surface area contributed by atoms with Gasteiger partial charge in [-0.15, -0.1) is 0 Å². The molecule has 0 aliphatic heterocycles. The first-order chi connectivity index (χ1) is 9.57. The molecule has 0 aliphatic rings. The first-order valence-corrected chi connectivity index (χ1v) is 6.29. The van der Waals surface area contributed by atoms with Crippen LogP contribution in [0.2, 0.25) is 0 Å². The van der Waals surface area contributed by atoms with Crippen molar-refractivity contribution in [3.63, 3.8) is 0 Å². The Hall–Kier alpha value is -2.05. The molecule has 0 saturated carbocycles. The Morgan fingerprint density at radius 3 is 2.75 bits per heavy atom. The van der Waals surface area contributed by atoms with Gasteiger partial charge in [-0.3, -0.25) is 0 Å². The van der Waals surface area contributed by atoms with Crippen molar-refractivity contribution in [1.29, 1.82) is 0 Å². The highest BCUT2D eigenvalue weighted by molar-refractivity contribution is 5.45. The van der Waals surface area contributed by atoms with Gasteiger partial charge in [0.1, 0.15) is 5.82 Å². The Labute approximate surface area is 114 Å². The lowest BCUT2D eigenvalue weighted by atomic mass is 10.2. The van der Waals surface area contributed by atoms with Gasteiger partial charge in [0.25, 0.3) is 0 Å². The molecule has 2 rings (SSSR count). The van der Waals surface area contributed by atoms with Crippen LogP contribution in [0.1, 0.15) is 18.4 Å². The summed E-state index contributed by atoms with van der Waals surface area (Å²) in [5.74, 6) is -0.109. The van der Waals surface area contributed by atoms with E-state index in [1.54, 1.807) is 12.5 Å². The lowest BCUT2D eigenvalue weighted by molar-refractivity contribution is -0.137. The number of unbranched alkanes of at least 4 members (excludes halogenated alkanes) is 1. The fourth-order valence-corrected chi connectivity index (χ4v) is 1.82. The molecule has 4 nitrogen and oxygen atoms in total. The number of imidazole rings is 1. The van der Waals surface area contributed by atoms with Gasteiger partial charge >= 0.3 is 6.18 Å². The van der Waals surface area contributed by atoms with Gasteiger partial charge in [-0.25, -0.2) is 9.97 Å². The minimum absolute atomic E-state index is 0.109. The second-order valence-electron chi connectivity index (χ2n) is 4.33. The molecule has 0 spiro atoms. The summed E-state index contributed by atoms with van der Waals surface area (Å²) >= 11 is 0. The summed E-state index contributed by atoms with van der Waals surface area (Å²) in [5, 5.41) is 2.74. The highest BCUT2D eigenvalue weighted by Gasteiger charge is 2.33. The number of anilines is 1. The summed E-state index contributed by atoms with van der Waals surface area (Å²) < 4.78 is 40.1. The van der Waals surface area contributed by atoms with Crippen LogP contribution in [0.15, 0.2) is 37.1 Å². The molecule has 0 atom stereocenters. The molecule has 0 fully saturated rings. The van der Waals surface area contributed by atoms with Crippen LogP contribution in [0, 0.1) is 0 Å².